The monoisotopic (exact) mass is 343 g/mol. The Kier molecular flexibility index (Phi) is 6.37. The maximum absolute atomic E-state index is 3.79. The number of hydrogen-bond acceptors (Lipinski definition) is 2. The molecule has 1 unspecified atom stereocenters. The summed E-state index contributed by atoms with van der Waals surface area (Å²) in [5.41, 5.74) is 0. The molecule has 19 heavy (non-hydrogen) atoms. The third kappa shape index (κ3) is 4.30. The number of nitrogens with one attached hydrogen (secondary N) is 1. The molecule has 0 aromatic carbocycles. The van der Waals surface area contributed by atoms with Crippen molar-refractivity contribution in [2.75, 3.05) is 6.54 Å². The van der Waals surface area contributed by atoms with Crippen molar-refractivity contribution in [2.45, 2.75) is 58.4 Å². The molecule has 1 aliphatic carbocycles. The van der Waals surface area contributed by atoms with Crippen LogP contribution in [-0.2, 0) is 0 Å². The number of rotatable bonds is 6. The molecule has 0 spiro atoms. The highest BCUT2D eigenvalue weighted by atomic mass is 79.9. The molecule has 0 saturated heterocycles. The maximum Gasteiger partial charge on any atom is 0.0701 e. The first-order chi connectivity index (χ1) is 9.24. The van der Waals surface area contributed by atoms with Gasteiger partial charge in [-0.1, -0.05) is 33.1 Å². The zero-order valence-electron chi connectivity index (χ0n) is 12.1. The van der Waals surface area contributed by atoms with Crippen LogP contribution in [0.1, 0.15) is 63.3 Å². The lowest BCUT2D eigenvalue weighted by molar-refractivity contribution is 0.220. The molecule has 1 aromatic heterocycles. The molecule has 1 heterocycles. The van der Waals surface area contributed by atoms with E-state index < -0.39 is 0 Å². The van der Waals surface area contributed by atoms with Gasteiger partial charge in [-0.3, -0.25) is 0 Å². The van der Waals surface area contributed by atoms with Gasteiger partial charge in [0.25, 0.3) is 0 Å². The molecule has 108 valence electrons. The third-order valence-corrected chi connectivity index (χ3v) is 6.16. The molecular weight excluding hydrogens is 318 g/mol. The lowest BCUT2D eigenvalue weighted by atomic mass is 9.77. The van der Waals surface area contributed by atoms with Gasteiger partial charge in [0.1, 0.15) is 0 Å². The standard InChI is InChI=1S/C16H26BrNS/c1-3-11-18-16(14-9-10-15(17)19-14)13-7-5-12(4-2)6-8-13/h9-10,12-13,16,18H,3-8,11H2,1-2H3. The fourth-order valence-electron chi connectivity index (χ4n) is 3.22. The van der Waals surface area contributed by atoms with Crippen LogP contribution in [0, 0.1) is 11.8 Å². The molecule has 0 amide bonds. The normalized spacial score (nSPS) is 25.4. The van der Waals surface area contributed by atoms with Gasteiger partial charge in [-0.25, -0.2) is 0 Å². The summed E-state index contributed by atoms with van der Waals surface area (Å²) < 4.78 is 1.26. The van der Waals surface area contributed by atoms with Crippen molar-refractivity contribution in [3.8, 4) is 0 Å². The van der Waals surface area contributed by atoms with Crippen LogP contribution in [0.5, 0.6) is 0 Å². The van der Waals surface area contributed by atoms with Crippen LogP contribution < -0.4 is 5.32 Å². The maximum atomic E-state index is 3.79. The van der Waals surface area contributed by atoms with Gasteiger partial charge in [-0.05, 0) is 65.7 Å². The molecule has 1 atom stereocenters. The smallest absolute Gasteiger partial charge is 0.0701 e. The van der Waals surface area contributed by atoms with E-state index in [4.69, 9.17) is 0 Å². The van der Waals surface area contributed by atoms with Crippen LogP contribution in [0.4, 0.5) is 0 Å². The lowest BCUT2D eigenvalue weighted by Gasteiger charge is -2.33. The van der Waals surface area contributed by atoms with E-state index >= 15 is 0 Å². The molecule has 0 bridgehead atoms. The first kappa shape index (κ1) is 15.5. The van der Waals surface area contributed by atoms with Crippen LogP contribution in [0.2, 0.25) is 0 Å². The van der Waals surface area contributed by atoms with E-state index in [1.807, 2.05) is 11.3 Å². The summed E-state index contributed by atoms with van der Waals surface area (Å²) in [5.74, 6) is 1.82. The average Bonchev–Trinajstić information content (AvgIpc) is 2.86. The molecule has 1 aromatic rings. The van der Waals surface area contributed by atoms with Crippen molar-refractivity contribution in [3.63, 3.8) is 0 Å². The predicted octanol–water partition coefficient (Wildman–Crippen LogP) is 5.77. The molecule has 2 rings (SSSR count). The Labute approximate surface area is 130 Å². The summed E-state index contributed by atoms with van der Waals surface area (Å²) in [5, 5.41) is 3.79. The molecular formula is C16H26BrNS. The second-order valence-corrected chi connectivity index (χ2v) is 8.26. The molecule has 1 fully saturated rings. The van der Waals surface area contributed by atoms with Crippen LogP contribution >= 0.6 is 27.3 Å². The largest absolute Gasteiger partial charge is 0.309 e. The van der Waals surface area contributed by atoms with Gasteiger partial charge in [0, 0.05) is 10.9 Å². The van der Waals surface area contributed by atoms with E-state index in [2.05, 4.69) is 47.2 Å². The van der Waals surface area contributed by atoms with E-state index in [1.54, 1.807) is 0 Å². The highest BCUT2D eigenvalue weighted by molar-refractivity contribution is 9.11. The summed E-state index contributed by atoms with van der Waals surface area (Å²) in [6.45, 7) is 5.73. The lowest BCUT2D eigenvalue weighted by Crippen LogP contribution is -2.31. The summed E-state index contributed by atoms with van der Waals surface area (Å²) >= 11 is 5.50. The first-order valence-corrected chi connectivity index (χ1v) is 9.34. The molecule has 0 radical (unpaired) electrons. The minimum Gasteiger partial charge on any atom is -0.309 e. The fraction of sp³-hybridized carbons (Fsp3) is 0.750. The summed E-state index contributed by atoms with van der Waals surface area (Å²) in [6, 6.07) is 5.07. The van der Waals surface area contributed by atoms with Crippen LogP contribution in [0.25, 0.3) is 0 Å². The Balaban J connectivity index is 2.01. The number of halogens is 1. The van der Waals surface area contributed by atoms with E-state index in [0.29, 0.717) is 6.04 Å². The topological polar surface area (TPSA) is 12.0 Å². The van der Waals surface area contributed by atoms with E-state index in [-0.39, 0.29) is 0 Å². The Morgan fingerprint density at radius 3 is 2.53 bits per heavy atom. The van der Waals surface area contributed by atoms with Gasteiger partial charge in [-0.2, -0.15) is 0 Å². The van der Waals surface area contributed by atoms with E-state index in [9.17, 15) is 0 Å². The molecule has 1 saturated carbocycles. The summed E-state index contributed by atoms with van der Waals surface area (Å²) in [4.78, 5) is 1.51. The Morgan fingerprint density at radius 2 is 2.00 bits per heavy atom. The predicted molar refractivity (Wildman–Crippen MR) is 88.8 cm³/mol. The highest BCUT2D eigenvalue weighted by Gasteiger charge is 2.28. The molecule has 1 N–H and O–H groups in total. The van der Waals surface area contributed by atoms with Gasteiger partial charge >= 0.3 is 0 Å². The SMILES string of the molecule is CCCNC(c1ccc(Br)s1)C1CCC(CC)CC1. The van der Waals surface area contributed by atoms with Crippen molar-refractivity contribution in [1.82, 2.24) is 5.32 Å². The zero-order chi connectivity index (χ0) is 13.7. The molecule has 1 aliphatic rings. The Bertz CT molecular complexity index is 369. The zero-order valence-corrected chi connectivity index (χ0v) is 14.5. The molecule has 1 nitrogen and oxygen atoms in total. The van der Waals surface area contributed by atoms with Crippen molar-refractivity contribution in [3.05, 3.63) is 20.8 Å². The van der Waals surface area contributed by atoms with Crippen LogP contribution in [0.3, 0.4) is 0 Å². The van der Waals surface area contributed by atoms with Crippen LogP contribution in [0.15, 0.2) is 15.9 Å². The van der Waals surface area contributed by atoms with Crippen molar-refractivity contribution in [2.24, 2.45) is 11.8 Å². The van der Waals surface area contributed by atoms with Gasteiger partial charge in [-0.15, -0.1) is 11.3 Å². The van der Waals surface area contributed by atoms with Gasteiger partial charge in [0.05, 0.1) is 3.79 Å². The minimum atomic E-state index is 0.578. The first-order valence-electron chi connectivity index (χ1n) is 7.73. The van der Waals surface area contributed by atoms with Crippen LogP contribution in [-0.4, -0.2) is 6.54 Å². The van der Waals surface area contributed by atoms with Crippen molar-refractivity contribution < 1.29 is 0 Å². The number of thiophene rings is 1. The second-order valence-electron chi connectivity index (χ2n) is 5.76. The Morgan fingerprint density at radius 1 is 1.26 bits per heavy atom. The molecule has 0 aliphatic heterocycles. The van der Waals surface area contributed by atoms with E-state index in [0.717, 1.165) is 18.4 Å². The minimum absolute atomic E-state index is 0.578. The highest BCUT2D eigenvalue weighted by Crippen LogP contribution is 2.40. The summed E-state index contributed by atoms with van der Waals surface area (Å²) in [7, 11) is 0. The molecule has 3 heteroatoms. The second kappa shape index (κ2) is 7.80. The summed E-state index contributed by atoms with van der Waals surface area (Å²) in [6.07, 6.45) is 8.23. The van der Waals surface area contributed by atoms with Crippen molar-refractivity contribution in [1.29, 1.82) is 0 Å². The third-order valence-electron chi connectivity index (χ3n) is 4.45. The van der Waals surface area contributed by atoms with Gasteiger partial charge < -0.3 is 5.32 Å². The quantitative estimate of drug-likeness (QED) is 0.691. The number of hydrogen-bond donors (Lipinski definition) is 1. The van der Waals surface area contributed by atoms with E-state index in [1.165, 1.54) is 47.2 Å². The van der Waals surface area contributed by atoms with Crippen molar-refractivity contribution >= 4 is 27.3 Å². The van der Waals surface area contributed by atoms with Gasteiger partial charge in [0.2, 0.25) is 0 Å². The fourth-order valence-corrected chi connectivity index (χ4v) is 4.82. The Hall–Kier alpha value is 0.140. The average molecular weight is 344 g/mol. The van der Waals surface area contributed by atoms with Gasteiger partial charge in [0.15, 0.2) is 0 Å².